The lowest BCUT2D eigenvalue weighted by Gasteiger charge is -2.40. The first kappa shape index (κ1) is 11.5. The summed E-state index contributed by atoms with van der Waals surface area (Å²) in [6.07, 6.45) is 2.87. The van der Waals surface area contributed by atoms with Gasteiger partial charge in [-0.3, -0.25) is 4.79 Å². The lowest BCUT2D eigenvalue weighted by atomic mass is 9.62. The smallest absolute Gasteiger partial charge is 0.143 e. The molecule has 0 unspecified atom stereocenters. The summed E-state index contributed by atoms with van der Waals surface area (Å²) in [6, 6.07) is 0. The van der Waals surface area contributed by atoms with E-state index in [1.807, 2.05) is 0 Å². The van der Waals surface area contributed by atoms with Gasteiger partial charge in [0.05, 0.1) is 11.5 Å². The van der Waals surface area contributed by atoms with E-state index in [1.54, 1.807) is 0 Å². The van der Waals surface area contributed by atoms with Gasteiger partial charge in [-0.2, -0.15) is 0 Å². The van der Waals surface area contributed by atoms with E-state index in [0.717, 1.165) is 24.8 Å². The Kier molecular flexibility index (Phi) is 1.92. The summed E-state index contributed by atoms with van der Waals surface area (Å²) >= 11 is 0. The fourth-order valence-electron chi connectivity index (χ4n) is 4.94. The number of rotatable bonds is 0. The molecule has 3 aliphatic carbocycles. The maximum Gasteiger partial charge on any atom is 0.143 e. The Bertz CT molecular complexity index is 423. The molecule has 17 heavy (non-hydrogen) atoms. The standard InChI is InChI=1S/C15H22O2/c1-9-14(4)6-5-11(16)15(9)8-13(2,3)7-10(15)12(14)17/h10,12,17H,1,5-8H2,2-4H3/t10-,12+,14+,15-/m1/s1. The first-order valence-corrected chi connectivity index (χ1v) is 6.65. The summed E-state index contributed by atoms with van der Waals surface area (Å²) in [5.74, 6) is 0.456. The zero-order valence-corrected chi connectivity index (χ0v) is 11.0. The molecule has 3 aliphatic rings. The zero-order valence-electron chi connectivity index (χ0n) is 11.0. The highest BCUT2D eigenvalue weighted by molar-refractivity contribution is 5.91. The molecule has 1 N–H and O–H groups in total. The minimum atomic E-state index is -0.393. The third kappa shape index (κ3) is 1.08. The van der Waals surface area contributed by atoms with Gasteiger partial charge in [0.2, 0.25) is 0 Å². The van der Waals surface area contributed by atoms with Crippen molar-refractivity contribution in [3.63, 3.8) is 0 Å². The molecule has 0 aliphatic heterocycles. The van der Waals surface area contributed by atoms with Crippen LogP contribution in [0.4, 0.5) is 0 Å². The van der Waals surface area contributed by atoms with Crippen LogP contribution in [0.2, 0.25) is 0 Å². The minimum absolute atomic E-state index is 0.116. The van der Waals surface area contributed by atoms with Crippen LogP contribution in [0.3, 0.4) is 0 Å². The van der Waals surface area contributed by atoms with E-state index in [0.29, 0.717) is 12.2 Å². The number of hydrogen-bond donors (Lipinski definition) is 1. The summed E-state index contributed by atoms with van der Waals surface area (Å²) in [7, 11) is 0. The van der Waals surface area contributed by atoms with Crippen LogP contribution in [0.1, 0.15) is 46.5 Å². The summed E-state index contributed by atoms with van der Waals surface area (Å²) in [5, 5.41) is 10.6. The first-order chi connectivity index (χ1) is 7.74. The Labute approximate surface area is 103 Å². The van der Waals surface area contributed by atoms with E-state index < -0.39 is 5.41 Å². The number of carbonyl (C=O) groups excluding carboxylic acids is 1. The molecule has 0 radical (unpaired) electrons. The van der Waals surface area contributed by atoms with Crippen LogP contribution in [0.25, 0.3) is 0 Å². The number of hydrogen-bond acceptors (Lipinski definition) is 2. The molecule has 2 nitrogen and oxygen atoms in total. The molecule has 3 rings (SSSR count). The van der Waals surface area contributed by atoms with Crippen LogP contribution in [-0.4, -0.2) is 17.0 Å². The highest BCUT2D eigenvalue weighted by Gasteiger charge is 2.70. The normalized spacial score (nSPS) is 51.8. The van der Waals surface area contributed by atoms with Crippen LogP contribution in [0, 0.1) is 22.2 Å². The van der Waals surface area contributed by atoms with Crippen molar-refractivity contribution in [1.29, 1.82) is 0 Å². The molecular formula is C15H22O2. The monoisotopic (exact) mass is 234 g/mol. The van der Waals surface area contributed by atoms with Crippen molar-refractivity contribution >= 4 is 5.78 Å². The van der Waals surface area contributed by atoms with Gasteiger partial charge < -0.3 is 5.11 Å². The van der Waals surface area contributed by atoms with Gasteiger partial charge in [-0.1, -0.05) is 32.9 Å². The zero-order chi connectivity index (χ0) is 12.6. The Hall–Kier alpha value is -0.630. The van der Waals surface area contributed by atoms with Gasteiger partial charge >= 0.3 is 0 Å². The van der Waals surface area contributed by atoms with Crippen LogP contribution in [0.15, 0.2) is 12.2 Å². The fraction of sp³-hybridized carbons (Fsp3) is 0.800. The number of aliphatic hydroxyl groups is 1. The topological polar surface area (TPSA) is 37.3 Å². The molecular weight excluding hydrogens is 212 g/mol. The van der Waals surface area contributed by atoms with Crippen LogP contribution in [-0.2, 0) is 4.79 Å². The Morgan fingerprint density at radius 1 is 1.35 bits per heavy atom. The van der Waals surface area contributed by atoms with E-state index in [9.17, 15) is 9.90 Å². The highest BCUT2D eigenvalue weighted by Crippen LogP contribution is 2.71. The van der Waals surface area contributed by atoms with Crippen molar-refractivity contribution in [3.05, 3.63) is 12.2 Å². The van der Waals surface area contributed by atoms with Crippen molar-refractivity contribution < 1.29 is 9.90 Å². The molecule has 94 valence electrons. The molecule has 4 atom stereocenters. The van der Waals surface area contributed by atoms with Crippen molar-refractivity contribution in [2.75, 3.05) is 0 Å². The predicted molar refractivity (Wildman–Crippen MR) is 66.4 cm³/mol. The van der Waals surface area contributed by atoms with Gasteiger partial charge in [0.15, 0.2) is 0 Å². The molecule has 0 amide bonds. The summed E-state index contributed by atoms with van der Waals surface area (Å²) in [6.45, 7) is 10.7. The third-order valence-electron chi connectivity index (χ3n) is 5.79. The lowest BCUT2D eigenvalue weighted by molar-refractivity contribution is -0.129. The van der Waals surface area contributed by atoms with Gasteiger partial charge in [0.1, 0.15) is 5.78 Å². The Morgan fingerprint density at radius 2 is 2.00 bits per heavy atom. The van der Waals surface area contributed by atoms with Gasteiger partial charge in [0.25, 0.3) is 0 Å². The Morgan fingerprint density at radius 3 is 2.65 bits per heavy atom. The van der Waals surface area contributed by atoms with Gasteiger partial charge in [0, 0.05) is 17.8 Å². The largest absolute Gasteiger partial charge is 0.392 e. The number of carbonyl (C=O) groups is 1. The van der Waals surface area contributed by atoms with Crippen molar-refractivity contribution in [3.8, 4) is 0 Å². The molecule has 3 saturated carbocycles. The lowest BCUT2D eigenvalue weighted by Crippen LogP contribution is -2.39. The van der Waals surface area contributed by atoms with E-state index in [4.69, 9.17) is 0 Å². The first-order valence-electron chi connectivity index (χ1n) is 6.65. The molecule has 2 bridgehead atoms. The molecule has 0 aromatic heterocycles. The number of aliphatic hydroxyl groups excluding tert-OH is 1. The molecule has 1 spiro atoms. The number of fused-ring (bicyclic) bond motifs is 1. The quantitative estimate of drug-likeness (QED) is 0.654. The van der Waals surface area contributed by atoms with Gasteiger partial charge in [-0.05, 0) is 24.7 Å². The molecule has 0 saturated heterocycles. The van der Waals surface area contributed by atoms with E-state index in [2.05, 4.69) is 27.4 Å². The second-order valence-corrected chi connectivity index (χ2v) is 7.39. The molecule has 3 fully saturated rings. The van der Waals surface area contributed by atoms with Crippen molar-refractivity contribution in [2.45, 2.75) is 52.6 Å². The van der Waals surface area contributed by atoms with E-state index in [1.165, 1.54) is 0 Å². The molecule has 2 heteroatoms. The third-order valence-corrected chi connectivity index (χ3v) is 5.79. The number of Topliss-reactive ketones (excluding diaryl/α,β-unsaturated/α-hetero) is 1. The maximum absolute atomic E-state index is 12.5. The average Bonchev–Trinajstić information content (AvgIpc) is 2.58. The van der Waals surface area contributed by atoms with Crippen molar-refractivity contribution in [1.82, 2.24) is 0 Å². The predicted octanol–water partition coefficient (Wildman–Crippen LogP) is 2.71. The van der Waals surface area contributed by atoms with Gasteiger partial charge in [-0.15, -0.1) is 0 Å². The van der Waals surface area contributed by atoms with Crippen LogP contribution < -0.4 is 0 Å². The maximum atomic E-state index is 12.5. The Balaban J connectivity index is 2.18. The second kappa shape index (κ2) is 2.85. The average molecular weight is 234 g/mol. The minimum Gasteiger partial charge on any atom is -0.392 e. The van der Waals surface area contributed by atoms with E-state index in [-0.39, 0.29) is 22.9 Å². The second-order valence-electron chi connectivity index (χ2n) is 7.39. The summed E-state index contributed by atoms with van der Waals surface area (Å²) in [5.41, 5.74) is 0.581. The van der Waals surface area contributed by atoms with Crippen LogP contribution >= 0.6 is 0 Å². The SMILES string of the molecule is C=C1[C@]23CC(C)(C)C[C@@H]2[C@H](O)[C@@]1(C)CCC3=O. The van der Waals surface area contributed by atoms with E-state index >= 15 is 0 Å². The summed E-state index contributed by atoms with van der Waals surface area (Å²) < 4.78 is 0. The number of ketones is 1. The fourth-order valence-corrected chi connectivity index (χ4v) is 4.94. The van der Waals surface area contributed by atoms with Crippen LogP contribution in [0.5, 0.6) is 0 Å². The van der Waals surface area contributed by atoms with Gasteiger partial charge in [-0.25, -0.2) is 0 Å². The highest BCUT2D eigenvalue weighted by atomic mass is 16.3. The molecule has 0 aromatic carbocycles. The molecule has 0 heterocycles. The van der Waals surface area contributed by atoms with Crippen molar-refractivity contribution in [2.24, 2.45) is 22.2 Å². The molecule has 0 aromatic rings. The summed E-state index contributed by atoms with van der Waals surface area (Å²) in [4.78, 5) is 12.5.